The van der Waals surface area contributed by atoms with Crippen LogP contribution in [0.1, 0.15) is 23.1 Å². The highest BCUT2D eigenvalue weighted by atomic mass is 32.2. The Morgan fingerprint density at radius 1 is 0.955 bits per heavy atom. The minimum Gasteiger partial charge on any atom is -0.215 e. The lowest BCUT2D eigenvalue weighted by Gasteiger charge is -2.14. The number of aryl methyl sites for hydroxylation is 1. The molecule has 1 aromatic carbocycles. The second-order valence-electron chi connectivity index (χ2n) is 4.68. The van der Waals surface area contributed by atoms with Gasteiger partial charge in [0, 0.05) is 6.54 Å². The highest BCUT2D eigenvalue weighted by Gasteiger charge is 2.36. The number of hydrogen-bond acceptors (Lipinski definition) is 2. The molecule has 0 fully saturated rings. The zero-order valence-electron chi connectivity index (χ0n) is 11.3. The Balaban J connectivity index is 2.94. The quantitative estimate of drug-likeness (QED) is 0.655. The summed E-state index contributed by atoms with van der Waals surface area (Å²) in [7, 11) is -3.45. The molecule has 0 saturated carbocycles. The van der Waals surface area contributed by atoms with Gasteiger partial charge in [-0.3, -0.25) is 0 Å². The molecule has 22 heavy (non-hydrogen) atoms. The fourth-order valence-corrected chi connectivity index (χ4v) is 2.23. The SMILES string of the molecule is CS(=O)(=O)NCCCc1cc(C(F)(F)F)cc(C(F)(F)F)c1. The number of rotatable bonds is 5. The van der Waals surface area contributed by atoms with Crippen LogP contribution >= 0.6 is 0 Å². The third-order valence-electron chi connectivity index (χ3n) is 2.65. The lowest BCUT2D eigenvalue weighted by atomic mass is 10.0. The summed E-state index contributed by atoms with van der Waals surface area (Å²) in [5.74, 6) is 0. The Kier molecular flexibility index (Phi) is 5.50. The lowest BCUT2D eigenvalue weighted by molar-refractivity contribution is -0.143. The number of benzene rings is 1. The van der Waals surface area contributed by atoms with Crippen molar-refractivity contribution in [1.82, 2.24) is 4.72 Å². The molecule has 1 aromatic rings. The average molecular weight is 349 g/mol. The molecular weight excluding hydrogens is 336 g/mol. The summed E-state index contributed by atoms with van der Waals surface area (Å²) in [4.78, 5) is 0. The van der Waals surface area contributed by atoms with E-state index in [2.05, 4.69) is 4.72 Å². The second kappa shape index (κ2) is 6.45. The zero-order valence-corrected chi connectivity index (χ0v) is 12.2. The first-order valence-corrected chi connectivity index (χ1v) is 7.91. The van der Waals surface area contributed by atoms with Crippen LogP contribution in [0.3, 0.4) is 0 Å². The maximum absolute atomic E-state index is 12.6. The number of sulfonamides is 1. The van der Waals surface area contributed by atoms with Crippen molar-refractivity contribution in [3.8, 4) is 0 Å². The lowest BCUT2D eigenvalue weighted by Crippen LogP contribution is -2.23. The van der Waals surface area contributed by atoms with Crippen molar-refractivity contribution < 1.29 is 34.8 Å². The molecule has 0 unspecified atom stereocenters. The Hall–Kier alpha value is -1.29. The standard InChI is InChI=1S/C12H13F6NO2S/c1-22(20,21)19-4-2-3-8-5-9(11(13,14)15)7-10(6-8)12(16,17)18/h5-7,19H,2-4H2,1H3. The molecule has 3 nitrogen and oxygen atoms in total. The first-order chi connectivity index (χ1) is 9.79. The molecule has 0 radical (unpaired) electrons. The highest BCUT2D eigenvalue weighted by Crippen LogP contribution is 2.36. The fraction of sp³-hybridized carbons (Fsp3) is 0.500. The Bertz CT molecular complexity index is 589. The van der Waals surface area contributed by atoms with Gasteiger partial charge < -0.3 is 0 Å². The van der Waals surface area contributed by atoms with Gasteiger partial charge in [-0.15, -0.1) is 0 Å². The highest BCUT2D eigenvalue weighted by molar-refractivity contribution is 7.88. The Morgan fingerprint density at radius 2 is 1.41 bits per heavy atom. The van der Waals surface area contributed by atoms with Crippen LogP contribution in [-0.2, 0) is 28.8 Å². The van der Waals surface area contributed by atoms with Gasteiger partial charge >= 0.3 is 12.4 Å². The van der Waals surface area contributed by atoms with Gasteiger partial charge in [0.1, 0.15) is 0 Å². The molecule has 0 saturated heterocycles. The predicted molar refractivity (Wildman–Crippen MR) is 67.6 cm³/mol. The molecule has 0 bridgehead atoms. The van der Waals surface area contributed by atoms with Crippen molar-refractivity contribution in [2.75, 3.05) is 12.8 Å². The van der Waals surface area contributed by atoms with Gasteiger partial charge in [0.05, 0.1) is 17.4 Å². The maximum Gasteiger partial charge on any atom is 0.416 e. The summed E-state index contributed by atoms with van der Waals surface area (Å²) in [5.41, 5.74) is -2.92. The van der Waals surface area contributed by atoms with Crippen LogP contribution < -0.4 is 4.72 Å². The third-order valence-corrected chi connectivity index (χ3v) is 3.38. The van der Waals surface area contributed by atoms with Crippen molar-refractivity contribution in [3.05, 3.63) is 34.9 Å². The molecule has 0 atom stereocenters. The van der Waals surface area contributed by atoms with Crippen molar-refractivity contribution in [2.24, 2.45) is 0 Å². The molecule has 1 rings (SSSR count). The molecule has 0 amide bonds. The third kappa shape index (κ3) is 6.22. The second-order valence-corrected chi connectivity index (χ2v) is 6.52. The average Bonchev–Trinajstić information content (AvgIpc) is 2.31. The van der Waals surface area contributed by atoms with E-state index in [4.69, 9.17) is 0 Å². The molecule has 0 aliphatic heterocycles. The van der Waals surface area contributed by atoms with Gasteiger partial charge in [-0.1, -0.05) is 0 Å². The summed E-state index contributed by atoms with van der Waals surface area (Å²) in [6.07, 6.45) is -8.91. The topological polar surface area (TPSA) is 46.2 Å². The van der Waals surface area contributed by atoms with E-state index in [1.165, 1.54) is 0 Å². The van der Waals surface area contributed by atoms with Gasteiger partial charge in [0.25, 0.3) is 0 Å². The minimum absolute atomic E-state index is 0.0538. The first-order valence-electron chi connectivity index (χ1n) is 6.02. The van der Waals surface area contributed by atoms with Gasteiger partial charge in [-0.05, 0) is 36.6 Å². The van der Waals surface area contributed by atoms with E-state index in [1.807, 2.05) is 0 Å². The van der Waals surface area contributed by atoms with Crippen LogP contribution in [0.5, 0.6) is 0 Å². The van der Waals surface area contributed by atoms with E-state index >= 15 is 0 Å². The normalized spacial score (nSPS) is 13.4. The van der Waals surface area contributed by atoms with E-state index in [-0.39, 0.29) is 31.0 Å². The number of alkyl halides is 6. The van der Waals surface area contributed by atoms with Gasteiger partial charge in [-0.25, -0.2) is 13.1 Å². The van der Waals surface area contributed by atoms with Crippen molar-refractivity contribution >= 4 is 10.0 Å². The summed E-state index contributed by atoms with van der Waals surface area (Å²) in [5, 5.41) is 0. The number of hydrogen-bond donors (Lipinski definition) is 1. The smallest absolute Gasteiger partial charge is 0.215 e. The zero-order chi connectivity index (χ0) is 17.2. The monoisotopic (exact) mass is 349 g/mol. The predicted octanol–water partition coefficient (Wildman–Crippen LogP) is 3.21. The molecule has 10 heteroatoms. The number of nitrogens with one attached hydrogen (secondary N) is 1. The fourth-order valence-electron chi connectivity index (χ4n) is 1.71. The van der Waals surface area contributed by atoms with Gasteiger partial charge in [-0.2, -0.15) is 26.3 Å². The minimum atomic E-state index is -4.89. The summed E-state index contributed by atoms with van der Waals surface area (Å²) in [6, 6.07) is 1.32. The molecule has 0 aliphatic rings. The van der Waals surface area contributed by atoms with Crippen molar-refractivity contribution in [3.63, 3.8) is 0 Å². The van der Waals surface area contributed by atoms with E-state index in [0.29, 0.717) is 12.1 Å². The van der Waals surface area contributed by atoms with Crippen LogP contribution in [0.4, 0.5) is 26.3 Å². The summed E-state index contributed by atoms with van der Waals surface area (Å²) >= 11 is 0. The van der Waals surface area contributed by atoms with Crippen LogP contribution in [0.25, 0.3) is 0 Å². The van der Waals surface area contributed by atoms with Crippen LogP contribution in [0.2, 0.25) is 0 Å². The van der Waals surface area contributed by atoms with E-state index in [9.17, 15) is 34.8 Å². The van der Waals surface area contributed by atoms with Gasteiger partial charge in [0.2, 0.25) is 10.0 Å². The van der Waals surface area contributed by atoms with Crippen LogP contribution in [-0.4, -0.2) is 21.2 Å². The summed E-state index contributed by atoms with van der Waals surface area (Å²) in [6.45, 7) is -0.0730. The summed E-state index contributed by atoms with van der Waals surface area (Å²) < 4.78 is 99.4. The molecular formula is C12H13F6NO2S. The Morgan fingerprint density at radius 3 is 1.77 bits per heavy atom. The van der Waals surface area contributed by atoms with Gasteiger partial charge in [0.15, 0.2) is 0 Å². The maximum atomic E-state index is 12.6. The molecule has 0 spiro atoms. The van der Waals surface area contributed by atoms with E-state index in [1.54, 1.807) is 0 Å². The molecule has 0 heterocycles. The molecule has 0 aliphatic carbocycles. The molecule has 0 aromatic heterocycles. The van der Waals surface area contributed by atoms with E-state index < -0.39 is 33.5 Å². The Labute approximate surface area is 123 Å². The molecule has 126 valence electrons. The van der Waals surface area contributed by atoms with E-state index in [0.717, 1.165) is 6.26 Å². The van der Waals surface area contributed by atoms with Crippen molar-refractivity contribution in [1.29, 1.82) is 0 Å². The van der Waals surface area contributed by atoms with Crippen LogP contribution in [0, 0.1) is 0 Å². The van der Waals surface area contributed by atoms with Crippen molar-refractivity contribution in [2.45, 2.75) is 25.2 Å². The largest absolute Gasteiger partial charge is 0.416 e. The number of halogens is 6. The molecule has 1 N–H and O–H groups in total. The first kappa shape index (κ1) is 18.8. The van der Waals surface area contributed by atoms with Crippen LogP contribution in [0.15, 0.2) is 18.2 Å².